The van der Waals surface area contributed by atoms with E-state index in [4.69, 9.17) is 5.84 Å². The first-order chi connectivity index (χ1) is 8.50. The summed E-state index contributed by atoms with van der Waals surface area (Å²) in [7, 11) is 0. The Kier molecular flexibility index (Phi) is 2.28. The van der Waals surface area contributed by atoms with E-state index in [0.29, 0.717) is 17.0 Å². The molecule has 96 valence electrons. The minimum absolute atomic E-state index is 0.199. The van der Waals surface area contributed by atoms with E-state index in [-0.39, 0.29) is 6.04 Å². The highest BCUT2D eigenvalue weighted by Crippen LogP contribution is 2.41. The van der Waals surface area contributed by atoms with Crippen molar-refractivity contribution in [3.8, 4) is 0 Å². The van der Waals surface area contributed by atoms with E-state index in [9.17, 15) is 13.2 Å². The SMILES string of the molecule is NNc1nc2ccc(C(F)(F)F)cc2n1C1CC1. The highest BCUT2D eigenvalue weighted by atomic mass is 19.4. The Hall–Kier alpha value is -1.76. The summed E-state index contributed by atoms with van der Waals surface area (Å²) in [6.45, 7) is 0. The molecule has 1 aliphatic carbocycles. The van der Waals surface area contributed by atoms with Gasteiger partial charge in [0.2, 0.25) is 5.95 Å². The fourth-order valence-corrected chi connectivity index (χ4v) is 2.07. The number of nitrogens with zero attached hydrogens (tertiary/aromatic N) is 2. The second kappa shape index (κ2) is 3.61. The van der Waals surface area contributed by atoms with Gasteiger partial charge in [-0.25, -0.2) is 10.8 Å². The smallest absolute Gasteiger partial charge is 0.306 e. The quantitative estimate of drug-likeness (QED) is 0.641. The van der Waals surface area contributed by atoms with Crippen LogP contribution in [0.1, 0.15) is 24.4 Å². The molecule has 4 nitrogen and oxygen atoms in total. The van der Waals surface area contributed by atoms with Crippen molar-refractivity contribution in [1.29, 1.82) is 0 Å². The molecular formula is C11H11F3N4. The highest BCUT2D eigenvalue weighted by Gasteiger charge is 2.33. The Morgan fingerprint density at radius 3 is 2.61 bits per heavy atom. The van der Waals surface area contributed by atoms with Gasteiger partial charge in [-0.15, -0.1) is 0 Å². The number of imidazole rings is 1. The Morgan fingerprint density at radius 1 is 1.33 bits per heavy atom. The van der Waals surface area contributed by atoms with Crippen molar-refractivity contribution in [2.45, 2.75) is 25.1 Å². The van der Waals surface area contributed by atoms with E-state index in [0.717, 1.165) is 25.0 Å². The van der Waals surface area contributed by atoms with Gasteiger partial charge in [0.15, 0.2) is 0 Å². The molecule has 3 N–H and O–H groups in total. The van der Waals surface area contributed by atoms with Gasteiger partial charge in [0.05, 0.1) is 16.6 Å². The molecule has 1 fully saturated rings. The van der Waals surface area contributed by atoms with Crippen molar-refractivity contribution in [3.63, 3.8) is 0 Å². The number of hydrogen-bond donors (Lipinski definition) is 2. The van der Waals surface area contributed by atoms with Crippen LogP contribution in [0.15, 0.2) is 18.2 Å². The zero-order chi connectivity index (χ0) is 12.9. The molecule has 0 amide bonds. The first kappa shape index (κ1) is 11.3. The highest BCUT2D eigenvalue weighted by molar-refractivity contribution is 5.80. The van der Waals surface area contributed by atoms with Crippen molar-refractivity contribution in [3.05, 3.63) is 23.8 Å². The molecule has 7 heteroatoms. The molecule has 1 saturated carbocycles. The second-order valence-corrected chi connectivity index (χ2v) is 4.38. The van der Waals surface area contributed by atoms with Gasteiger partial charge in [0.1, 0.15) is 0 Å². The molecule has 1 aromatic heterocycles. The number of halogens is 3. The van der Waals surface area contributed by atoms with Crippen molar-refractivity contribution in [1.82, 2.24) is 9.55 Å². The van der Waals surface area contributed by atoms with Gasteiger partial charge in [-0.2, -0.15) is 13.2 Å². The summed E-state index contributed by atoms with van der Waals surface area (Å²) in [5.74, 6) is 5.76. The van der Waals surface area contributed by atoms with Gasteiger partial charge in [-0.1, -0.05) is 0 Å². The molecule has 0 aliphatic heterocycles. The number of nitrogen functional groups attached to an aromatic ring is 1. The summed E-state index contributed by atoms with van der Waals surface area (Å²) in [5, 5.41) is 0. The number of aromatic nitrogens is 2. The van der Waals surface area contributed by atoms with Gasteiger partial charge in [-0.3, -0.25) is 5.43 Å². The van der Waals surface area contributed by atoms with E-state index in [1.165, 1.54) is 6.07 Å². The second-order valence-electron chi connectivity index (χ2n) is 4.38. The number of fused-ring (bicyclic) bond motifs is 1. The largest absolute Gasteiger partial charge is 0.416 e. The lowest BCUT2D eigenvalue weighted by Crippen LogP contribution is -2.12. The Balaban J connectivity index is 2.22. The number of alkyl halides is 3. The molecule has 2 aromatic rings. The summed E-state index contributed by atoms with van der Waals surface area (Å²) in [6, 6.07) is 3.73. The molecular weight excluding hydrogens is 245 g/mol. The molecule has 0 bridgehead atoms. The van der Waals surface area contributed by atoms with Crippen LogP contribution in [-0.4, -0.2) is 9.55 Å². The van der Waals surface area contributed by atoms with Crippen LogP contribution in [0, 0.1) is 0 Å². The van der Waals surface area contributed by atoms with Gasteiger partial charge in [0.25, 0.3) is 0 Å². The molecule has 0 unspecified atom stereocenters. The van der Waals surface area contributed by atoms with Gasteiger partial charge in [0, 0.05) is 6.04 Å². The predicted molar refractivity (Wildman–Crippen MR) is 60.8 cm³/mol. The monoisotopic (exact) mass is 256 g/mol. The molecule has 1 aliphatic rings. The number of hydrazine groups is 1. The lowest BCUT2D eigenvalue weighted by molar-refractivity contribution is -0.137. The zero-order valence-corrected chi connectivity index (χ0v) is 9.33. The fraction of sp³-hybridized carbons (Fsp3) is 0.364. The molecule has 3 rings (SSSR count). The van der Waals surface area contributed by atoms with Crippen LogP contribution in [-0.2, 0) is 6.18 Å². The predicted octanol–water partition coefficient (Wildman–Crippen LogP) is 2.68. The summed E-state index contributed by atoms with van der Waals surface area (Å²) in [4.78, 5) is 4.18. The van der Waals surface area contributed by atoms with Gasteiger partial charge < -0.3 is 4.57 Å². The Morgan fingerprint density at radius 2 is 2.06 bits per heavy atom. The third-order valence-electron chi connectivity index (χ3n) is 3.06. The zero-order valence-electron chi connectivity index (χ0n) is 9.33. The van der Waals surface area contributed by atoms with Gasteiger partial charge in [-0.05, 0) is 31.0 Å². The fourth-order valence-electron chi connectivity index (χ4n) is 2.07. The minimum Gasteiger partial charge on any atom is -0.306 e. The lowest BCUT2D eigenvalue weighted by Gasteiger charge is -2.09. The van der Waals surface area contributed by atoms with Crippen LogP contribution in [0.5, 0.6) is 0 Å². The van der Waals surface area contributed by atoms with E-state index >= 15 is 0 Å². The number of hydrogen-bond acceptors (Lipinski definition) is 3. The van der Waals surface area contributed by atoms with Crippen molar-refractivity contribution >= 4 is 17.0 Å². The van der Waals surface area contributed by atoms with Crippen molar-refractivity contribution < 1.29 is 13.2 Å². The number of nitrogens with one attached hydrogen (secondary N) is 1. The van der Waals surface area contributed by atoms with E-state index < -0.39 is 11.7 Å². The summed E-state index contributed by atoms with van der Waals surface area (Å²) < 4.78 is 39.8. The molecule has 0 spiro atoms. The van der Waals surface area contributed by atoms with Crippen LogP contribution in [0.2, 0.25) is 0 Å². The lowest BCUT2D eigenvalue weighted by atomic mass is 10.2. The maximum Gasteiger partial charge on any atom is 0.416 e. The Bertz CT molecular complexity index is 598. The summed E-state index contributed by atoms with van der Waals surface area (Å²) in [6.07, 6.45) is -2.46. The van der Waals surface area contributed by atoms with Gasteiger partial charge >= 0.3 is 6.18 Å². The van der Waals surface area contributed by atoms with Crippen LogP contribution in [0.25, 0.3) is 11.0 Å². The molecule has 1 aromatic carbocycles. The first-order valence-corrected chi connectivity index (χ1v) is 5.56. The molecule has 0 atom stereocenters. The number of nitrogens with two attached hydrogens (primary N) is 1. The average Bonchev–Trinajstić information content (AvgIpc) is 3.07. The summed E-state index contributed by atoms with van der Waals surface area (Å²) >= 11 is 0. The average molecular weight is 256 g/mol. The third kappa shape index (κ3) is 1.71. The van der Waals surface area contributed by atoms with Crippen LogP contribution < -0.4 is 11.3 Å². The van der Waals surface area contributed by atoms with E-state index in [1.54, 1.807) is 4.57 Å². The number of benzene rings is 1. The normalized spacial score (nSPS) is 16.2. The first-order valence-electron chi connectivity index (χ1n) is 5.56. The van der Waals surface area contributed by atoms with Crippen molar-refractivity contribution in [2.75, 3.05) is 5.43 Å². The Labute approximate surface area is 101 Å². The standard InChI is InChI=1S/C11H11F3N4/c12-11(13,14)6-1-4-8-9(5-6)18(7-2-3-7)10(16-8)17-15/h1,4-5,7H,2-3,15H2,(H,16,17). The van der Waals surface area contributed by atoms with Crippen molar-refractivity contribution in [2.24, 2.45) is 5.84 Å². The maximum atomic E-state index is 12.7. The summed E-state index contributed by atoms with van der Waals surface area (Å²) in [5.41, 5.74) is 2.76. The van der Waals surface area contributed by atoms with Crippen LogP contribution in [0.4, 0.5) is 19.1 Å². The minimum atomic E-state index is -4.34. The van der Waals surface area contributed by atoms with E-state index in [2.05, 4.69) is 10.4 Å². The number of rotatable bonds is 2. The molecule has 0 radical (unpaired) electrons. The van der Waals surface area contributed by atoms with Crippen LogP contribution >= 0.6 is 0 Å². The molecule has 0 saturated heterocycles. The third-order valence-corrected chi connectivity index (χ3v) is 3.06. The van der Waals surface area contributed by atoms with E-state index in [1.807, 2.05) is 0 Å². The number of anilines is 1. The maximum absolute atomic E-state index is 12.7. The molecule has 18 heavy (non-hydrogen) atoms. The van der Waals surface area contributed by atoms with Crippen LogP contribution in [0.3, 0.4) is 0 Å². The topological polar surface area (TPSA) is 55.9 Å². The molecule has 1 heterocycles.